The van der Waals surface area contributed by atoms with E-state index >= 15 is 0 Å². The summed E-state index contributed by atoms with van der Waals surface area (Å²) >= 11 is 0. The largest absolute Gasteiger partial charge is 0.361 e. The summed E-state index contributed by atoms with van der Waals surface area (Å²) in [6.07, 6.45) is 4.12. The van der Waals surface area contributed by atoms with Gasteiger partial charge in [0.25, 0.3) is 0 Å². The summed E-state index contributed by atoms with van der Waals surface area (Å²) in [7, 11) is 0. The van der Waals surface area contributed by atoms with Crippen LogP contribution in [0.4, 0.5) is 0 Å². The Bertz CT molecular complexity index is 390. The molecule has 2 nitrogen and oxygen atoms in total. The number of benzene rings is 1. The van der Waals surface area contributed by atoms with Crippen molar-refractivity contribution < 1.29 is 0 Å². The van der Waals surface area contributed by atoms with Crippen molar-refractivity contribution in [3.63, 3.8) is 0 Å². The van der Waals surface area contributed by atoms with Gasteiger partial charge in [-0.1, -0.05) is 6.07 Å². The van der Waals surface area contributed by atoms with Crippen molar-refractivity contribution in [2.45, 2.75) is 12.8 Å². The van der Waals surface area contributed by atoms with Crippen LogP contribution in [0.1, 0.15) is 12.0 Å². The van der Waals surface area contributed by atoms with Gasteiger partial charge in [0.05, 0.1) is 0 Å². The van der Waals surface area contributed by atoms with Crippen LogP contribution in [-0.4, -0.2) is 11.5 Å². The summed E-state index contributed by atoms with van der Waals surface area (Å²) in [6, 6.07) is 8.61. The fourth-order valence-electron chi connectivity index (χ4n) is 1.56. The Morgan fingerprint density at radius 1 is 1.23 bits per heavy atom. The predicted octanol–water partition coefficient (Wildman–Crippen LogP) is 2.06. The van der Waals surface area contributed by atoms with Gasteiger partial charge in [0.15, 0.2) is 0 Å². The van der Waals surface area contributed by atoms with Gasteiger partial charge in [-0.05, 0) is 48.5 Å². The average molecular weight is 174 g/mol. The van der Waals surface area contributed by atoms with Crippen molar-refractivity contribution in [3.05, 3.63) is 36.0 Å². The quantitative estimate of drug-likeness (QED) is 0.734. The van der Waals surface area contributed by atoms with Gasteiger partial charge < -0.3 is 10.7 Å². The van der Waals surface area contributed by atoms with E-state index in [4.69, 9.17) is 5.73 Å². The van der Waals surface area contributed by atoms with Crippen molar-refractivity contribution in [2.75, 3.05) is 6.54 Å². The highest BCUT2D eigenvalue weighted by molar-refractivity contribution is 5.79. The lowest BCUT2D eigenvalue weighted by atomic mass is 10.1. The summed E-state index contributed by atoms with van der Waals surface area (Å²) in [5.41, 5.74) is 8.04. The number of aromatic nitrogens is 1. The molecule has 1 heterocycles. The minimum atomic E-state index is 0.769. The molecule has 2 rings (SSSR count). The molecular formula is C11H14N2. The van der Waals surface area contributed by atoms with Crippen molar-refractivity contribution in [2.24, 2.45) is 5.73 Å². The first-order chi connectivity index (χ1) is 6.40. The number of fused-ring (bicyclic) bond motifs is 1. The van der Waals surface area contributed by atoms with Crippen molar-refractivity contribution in [1.29, 1.82) is 0 Å². The van der Waals surface area contributed by atoms with Gasteiger partial charge in [-0.25, -0.2) is 0 Å². The smallest absolute Gasteiger partial charge is 0.0454 e. The van der Waals surface area contributed by atoms with E-state index in [2.05, 4.69) is 29.2 Å². The van der Waals surface area contributed by atoms with Crippen LogP contribution in [0.15, 0.2) is 30.5 Å². The summed E-state index contributed by atoms with van der Waals surface area (Å²) in [5, 5.41) is 1.29. The molecular weight excluding hydrogens is 160 g/mol. The molecule has 0 radical (unpaired) electrons. The SMILES string of the molecule is NCCCc1ccc2[nH]ccc2c1. The molecule has 3 N–H and O–H groups in total. The molecule has 0 saturated heterocycles. The number of aryl methyl sites for hydroxylation is 1. The highest BCUT2D eigenvalue weighted by Crippen LogP contribution is 2.14. The van der Waals surface area contributed by atoms with Crippen LogP contribution < -0.4 is 5.73 Å². The van der Waals surface area contributed by atoms with E-state index in [1.165, 1.54) is 16.5 Å². The van der Waals surface area contributed by atoms with Crippen LogP contribution in [0.5, 0.6) is 0 Å². The first-order valence-electron chi connectivity index (χ1n) is 4.66. The molecule has 2 aromatic rings. The third-order valence-electron chi connectivity index (χ3n) is 2.29. The number of hydrogen-bond donors (Lipinski definition) is 2. The normalized spacial score (nSPS) is 10.8. The van der Waals surface area contributed by atoms with E-state index in [1.54, 1.807) is 0 Å². The molecule has 0 aliphatic heterocycles. The Kier molecular flexibility index (Phi) is 2.32. The lowest BCUT2D eigenvalue weighted by Gasteiger charge is -1.99. The first kappa shape index (κ1) is 8.32. The number of nitrogens with one attached hydrogen (secondary N) is 1. The van der Waals surface area contributed by atoms with Gasteiger partial charge in [-0.3, -0.25) is 0 Å². The van der Waals surface area contributed by atoms with Crippen LogP contribution in [0, 0.1) is 0 Å². The zero-order valence-corrected chi connectivity index (χ0v) is 7.59. The van der Waals surface area contributed by atoms with Gasteiger partial charge in [-0.2, -0.15) is 0 Å². The van der Waals surface area contributed by atoms with Crippen LogP contribution >= 0.6 is 0 Å². The molecule has 0 saturated carbocycles. The zero-order chi connectivity index (χ0) is 9.10. The zero-order valence-electron chi connectivity index (χ0n) is 7.59. The fourth-order valence-corrected chi connectivity index (χ4v) is 1.56. The van der Waals surface area contributed by atoms with Crippen LogP contribution in [0.3, 0.4) is 0 Å². The lowest BCUT2D eigenvalue weighted by Crippen LogP contribution is -2.00. The Labute approximate surface area is 77.8 Å². The van der Waals surface area contributed by atoms with Gasteiger partial charge in [-0.15, -0.1) is 0 Å². The maximum atomic E-state index is 5.46. The first-order valence-corrected chi connectivity index (χ1v) is 4.66. The van der Waals surface area contributed by atoms with Crippen LogP contribution in [0.25, 0.3) is 10.9 Å². The van der Waals surface area contributed by atoms with E-state index in [-0.39, 0.29) is 0 Å². The highest BCUT2D eigenvalue weighted by Gasteiger charge is 1.96. The molecule has 0 fully saturated rings. The Hall–Kier alpha value is -1.28. The molecule has 0 unspecified atom stereocenters. The summed E-state index contributed by atoms with van der Waals surface area (Å²) in [6.45, 7) is 0.769. The second kappa shape index (κ2) is 3.62. The van der Waals surface area contributed by atoms with Crippen molar-refractivity contribution in [3.8, 4) is 0 Å². The lowest BCUT2D eigenvalue weighted by molar-refractivity contribution is 0.833. The minimum Gasteiger partial charge on any atom is -0.361 e. The maximum Gasteiger partial charge on any atom is 0.0454 e. The van der Waals surface area contributed by atoms with Gasteiger partial charge in [0, 0.05) is 11.7 Å². The van der Waals surface area contributed by atoms with Gasteiger partial charge in [0.1, 0.15) is 0 Å². The number of H-pyrrole nitrogens is 1. The molecule has 0 amide bonds. The van der Waals surface area contributed by atoms with Crippen molar-refractivity contribution >= 4 is 10.9 Å². The summed E-state index contributed by atoms with van der Waals surface area (Å²) in [5.74, 6) is 0. The monoisotopic (exact) mass is 174 g/mol. The highest BCUT2D eigenvalue weighted by atomic mass is 14.7. The summed E-state index contributed by atoms with van der Waals surface area (Å²) < 4.78 is 0. The fraction of sp³-hybridized carbons (Fsp3) is 0.273. The maximum absolute atomic E-state index is 5.46. The standard InChI is InChI=1S/C11H14N2/c12-6-1-2-9-3-4-11-10(8-9)5-7-13-11/h3-5,7-8,13H,1-2,6,12H2. The third kappa shape index (κ3) is 1.73. The number of rotatable bonds is 3. The van der Waals surface area contributed by atoms with Crippen LogP contribution in [-0.2, 0) is 6.42 Å². The number of nitrogens with two attached hydrogens (primary N) is 1. The summed E-state index contributed by atoms with van der Waals surface area (Å²) in [4.78, 5) is 3.18. The van der Waals surface area contributed by atoms with Crippen LogP contribution in [0.2, 0.25) is 0 Å². The van der Waals surface area contributed by atoms with E-state index in [9.17, 15) is 0 Å². The van der Waals surface area contributed by atoms with E-state index in [0.717, 1.165) is 19.4 Å². The Morgan fingerprint density at radius 2 is 2.15 bits per heavy atom. The van der Waals surface area contributed by atoms with Crippen molar-refractivity contribution in [1.82, 2.24) is 4.98 Å². The molecule has 0 atom stereocenters. The second-order valence-corrected chi connectivity index (χ2v) is 3.29. The predicted molar refractivity (Wildman–Crippen MR) is 55.7 cm³/mol. The molecule has 13 heavy (non-hydrogen) atoms. The number of aromatic amines is 1. The van der Waals surface area contributed by atoms with E-state index in [1.807, 2.05) is 6.20 Å². The average Bonchev–Trinajstić information content (AvgIpc) is 2.61. The molecule has 0 spiro atoms. The molecule has 1 aromatic carbocycles. The molecule has 0 aliphatic rings. The van der Waals surface area contributed by atoms with E-state index in [0.29, 0.717) is 0 Å². The van der Waals surface area contributed by atoms with Gasteiger partial charge >= 0.3 is 0 Å². The minimum absolute atomic E-state index is 0.769. The number of hydrogen-bond acceptors (Lipinski definition) is 1. The Morgan fingerprint density at radius 3 is 3.00 bits per heavy atom. The molecule has 1 aromatic heterocycles. The molecule has 0 bridgehead atoms. The molecule has 2 heteroatoms. The molecule has 68 valence electrons. The van der Waals surface area contributed by atoms with Gasteiger partial charge in [0.2, 0.25) is 0 Å². The second-order valence-electron chi connectivity index (χ2n) is 3.29. The third-order valence-corrected chi connectivity index (χ3v) is 2.29. The molecule has 0 aliphatic carbocycles. The Balaban J connectivity index is 2.26. The topological polar surface area (TPSA) is 41.8 Å². The van der Waals surface area contributed by atoms with E-state index < -0.39 is 0 Å².